The Balaban J connectivity index is 1.57. The Morgan fingerprint density at radius 2 is 1.76 bits per heavy atom. The summed E-state index contributed by atoms with van der Waals surface area (Å²) in [6.45, 7) is 1.76. The van der Waals surface area contributed by atoms with Crippen LogP contribution in [0.2, 0.25) is 0 Å². The van der Waals surface area contributed by atoms with E-state index in [2.05, 4.69) is 15.0 Å². The molecule has 3 N–H and O–H groups in total. The van der Waals surface area contributed by atoms with Crippen LogP contribution in [0.4, 0.5) is 18.9 Å². The van der Waals surface area contributed by atoms with Crippen LogP contribution in [0.5, 0.6) is 5.75 Å². The molecule has 3 atom stereocenters. The third-order valence-electron chi connectivity index (χ3n) is 5.13. The monoisotopic (exact) mass is 357 g/mol. The van der Waals surface area contributed by atoms with E-state index in [1.165, 1.54) is 25.0 Å². The van der Waals surface area contributed by atoms with Gasteiger partial charge in [-0.05, 0) is 49.9 Å². The van der Waals surface area contributed by atoms with Crippen molar-refractivity contribution in [3.8, 4) is 5.75 Å². The molecule has 1 aliphatic carbocycles. The summed E-state index contributed by atoms with van der Waals surface area (Å²) in [6, 6.07) is 7.09. The minimum absolute atomic E-state index is 0.184. The van der Waals surface area contributed by atoms with Crippen LogP contribution in [0.1, 0.15) is 38.5 Å². The zero-order valence-electron chi connectivity index (χ0n) is 14.3. The molecular formula is C18H26F3N3O. The molecule has 0 aromatic heterocycles. The summed E-state index contributed by atoms with van der Waals surface area (Å²) in [7, 11) is 0. The third kappa shape index (κ3) is 5.25. The van der Waals surface area contributed by atoms with Crippen LogP contribution in [-0.4, -0.2) is 37.6 Å². The summed E-state index contributed by atoms with van der Waals surface area (Å²) >= 11 is 0. The van der Waals surface area contributed by atoms with Gasteiger partial charge in [-0.25, -0.2) is 0 Å². The van der Waals surface area contributed by atoms with Crippen molar-refractivity contribution in [3.63, 3.8) is 0 Å². The standard InChI is InChI=1S/C18H26F3N3O/c19-18(20,21)25-15-9-7-14(8-10-15)24-11-3-4-13(12-24)23-17-6-2-1-5-16(17)22/h7-10,13,16-17,23H,1-6,11-12,22H2/t13-,16?,17?/m0/s1. The molecule has 2 fully saturated rings. The highest BCUT2D eigenvalue weighted by Crippen LogP contribution is 2.27. The van der Waals surface area contributed by atoms with E-state index in [0.717, 1.165) is 44.5 Å². The SMILES string of the molecule is NC1CCCCC1N[C@H]1CCCN(c2ccc(OC(F)(F)F)cc2)C1. The first-order chi connectivity index (χ1) is 11.9. The lowest BCUT2D eigenvalue weighted by Gasteiger charge is -2.39. The molecule has 1 saturated carbocycles. The van der Waals surface area contributed by atoms with Crippen molar-refractivity contribution < 1.29 is 17.9 Å². The topological polar surface area (TPSA) is 50.5 Å². The van der Waals surface area contributed by atoms with Crippen LogP contribution in [-0.2, 0) is 0 Å². The third-order valence-corrected chi connectivity index (χ3v) is 5.13. The predicted molar refractivity (Wildman–Crippen MR) is 91.7 cm³/mol. The molecule has 0 amide bonds. The highest BCUT2D eigenvalue weighted by atomic mass is 19.4. The number of benzene rings is 1. The minimum atomic E-state index is -4.65. The summed E-state index contributed by atoms with van der Waals surface area (Å²) in [4.78, 5) is 2.22. The number of nitrogens with two attached hydrogens (primary N) is 1. The summed E-state index contributed by atoms with van der Waals surface area (Å²) < 4.78 is 40.7. The van der Waals surface area contributed by atoms with Crippen LogP contribution in [0.3, 0.4) is 0 Å². The maximum atomic E-state index is 12.3. The highest BCUT2D eigenvalue weighted by molar-refractivity contribution is 5.49. The normalized spacial score (nSPS) is 28.0. The molecule has 7 heteroatoms. The van der Waals surface area contributed by atoms with Gasteiger partial charge in [-0.3, -0.25) is 0 Å². The number of rotatable bonds is 4. The molecule has 1 aromatic carbocycles. The fourth-order valence-corrected chi connectivity index (χ4v) is 3.88. The largest absolute Gasteiger partial charge is 0.573 e. The first-order valence-electron chi connectivity index (χ1n) is 9.03. The molecule has 0 radical (unpaired) electrons. The smallest absolute Gasteiger partial charge is 0.406 e. The summed E-state index contributed by atoms with van der Waals surface area (Å²) in [5.41, 5.74) is 7.15. The van der Waals surface area contributed by atoms with Gasteiger partial charge >= 0.3 is 6.36 Å². The Labute approximate surface area is 146 Å². The number of halogens is 3. The van der Waals surface area contributed by atoms with Crippen molar-refractivity contribution in [2.45, 2.75) is 63.0 Å². The fraction of sp³-hybridized carbons (Fsp3) is 0.667. The van der Waals surface area contributed by atoms with Crippen LogP contribution < -0.4 is 20.7 Å². The predicted octanol–water partition coefficient (Wildman–Crippen LogP) is 3.41. The van der Waals surface area contributed by atoms with Crippen LogP contribution in [0.25, 0.3) is 0 Å². The van der Waals surface area contributed by atoms with Crippen molar-refractivity contribution in [1.82, 2.24) is 5.32 Å². The molecule has 4 nitrogen and oxygen atoms in total. The first kappa shape index (κ1) is 18.3. The summed E-state index contributed by atoms with van der Waals surface area (Å²) in [5, 5.41) is 3.71. The Hall–Kier alpha value is -1.47. The maximum absolute atomic E-state index is 12.3. The number of hydrogen-bond acceptors (Lipinski definition) is 4. The van der Waals surface area contributed by atoms with E-state index in [0.29, 0.717) is 12.1 Å². The average molecular weight is 357 g/mol. The molecule has 2 unspecified atom stereocenters. The molecule has 1 aromatic rings. The van der Waals surface area contributed by atoms with Gasteiger partial charge in [0.2, 0.25) is 0 Å². The van der Waals surface area contributed by atoms with Gasteiger partial charge in [0.25, 0.3) is 0 Å². The summed E-state index contributed by atoms with van der Waals surface area (Å²) in [5.74, 6) is -0.184. The first-order valence-corrected chi connectivity index (χ1v) is 9.03. The molecule has 1 heterocycles. The molecule has 25 heavy (non-hydrogen) atoms. The Morgan fingerprint density at radius 1 is 1.04 bits per heavy atom. The van der Waals surface area contributed by atoms with Gasteiger partial charge in [0.1, 0.15) is 5.75 Å². The molecule has 0 spiro atoms. The van der Waals surface area contributed by atoms with E-state index < -0.39 is 6.36 Å². The zero-order valence-corrected chi connectivity index (χ0v) is 14.3. The number of piperidine rings is 1. The van der Waals surface area contributed by atoms with Gasteiger partial charge in [0.05, 0.1) is 0 Å². The van der Waals surface area contributed by atoms with E-state index in [9.17, 15) is 13.2 Å². The number of hydrogen-bond donors (Lipinski definition) is 2. The molecule has 0 bridgehead atoms. The molecule has 140 valence electrons. The van der Waals surface area contributed by atoms with Crippen molar-refractivity contribution in [1.29, 1.82) is 0 Å². The lowest BCUT2D eigenvalue weighted by atomic mass is 9.89. The minimum Gasteiger partial charge on any atom is -0.406 e. The maximum Gasteiger partial charge on any atom is 0.573 e. The van der Waals surface area contributed by atoms with Crippen molar-refractivity contribution in [3.05, 3.63) is 24.3 Å². The van der Waals surface area contributed by atoms with Crippen LogP contribution in [0, 0.1) is 0 Å². The highest BCUT2D eigenvalue weighted by Gasteiger charge is 2.31. The summed E-state index contributed by atoms with van der Waals surface area (Å²) in [6.07, 6.45) is 2.15. The second kappa shape index (κ2) is 7.83. The second-order valence-electron chi connectivity index (χ2n) is 7.05. The van der Waals surface area contributed by atoms with E-state index >= 15 is 0 Å². The molecule has 2 aliphatic rings. The fourth-order valence-electron chi connectivity index (χ4n) is 3.88. The lowest BCUT2D eigenvalue weighted by molar-refractivity contribution is -0.274. The van der Waals surface area contributed by atoms with Crippen LogP contribution in [0.15, 0.2) is 24.3 Å². The number of anilines is 1. The van der Waals surface area contributed by atoms with Crippen LogP contribution >= 0.6 is 0 Å². The molecular weight excluding hydrogens is 331 g/mol. The van der Waals surface area contributed by atoms with Gasteiger partial charge in [-0.2, -0.15) is 0 Å². The van der Waals surface area contributed by atoms with Gasteiger partial charge in [0.15, 0.2) is 0 Å². The zero-order chi connectivity index (χ0) is 17.9. The number of ether oxygens (including phenoxy) is 1. The van der Waals surface area contributed by atoms with E-state index in [1.54, 1.807) is 12.1 Å². The Kier molecular flexibility index (Phi) is 5.74. The van der Waals surface area contributed by atoms with Gasteiger partial charge in [0, 0.05) is 36.9 Å². The van der Waals surface area contributed by atoms with E-state index in [1.807, 2.05) is 0 Å². The number of nitrogens with one attached hydrogen (secondary N) is 1. The number of nitrogens with zero attached hydrogens (tertiary/aromatic N) is 1. The molecule has 1 aliphatic heterocycles. The van der Waals surface area contributed by atoms with Crippen molar-refractivity contribution in [2.75, 3.05) is 18.0 Å². The Bertz CT molecular complexity index is 549. The van der Waals surface area contributed by atoms with Gasteiger partial charge < -0.3 is 20.7 Å². The van der Waals surface area contributed by atoms with E-state index in [-0.39, 0.29) is 11.8 Å². The van der Waals surface area contributed by atoms with Crippen molar-refractivity contribution >= 4 is 5.69 Å². The Morgan fingerprint density at radius 3 is 2.44 bits per heavy atom. The van der Waals surface area contributed by atoms with Crippen molar-refractivity contribution in [2.24, 2.45) is 5.73 Å². The molecule has 1 saturated heterocycles. The molecule has 3 rings (SSSR count). The van der Waals surface area contributed by atoms with E-state index in [4.69, 9.17) is 5.73 Å². The quantitative estimate of drug-likeness (QED) is 0.867. The second-order valence-corrected chi connectivity index (χ2v) is 7.05. The average Bonchev–Trinajstić information content (AvgIpc) is 2.57. The van der Waals surface area contributed by atoms with Gasteiger partial charge in [-0.15, -0.1) is 13.2 Å². The number of alkyl halides is 3. The van der Waals surface area contributed by atoms with Gasteiger partial charge in [-0.1, -0.05) is 12.8 Å². The lowest BCUT2D eigenvalue weighted by Crippen LogP contribution is -2.55.